The van der Waals surface area contributed by atoms with Gasteiger partial charge < -0.3 is 15.1 Å². The van der Waals surface area contributed by atoms with Crippen LogP contribution in [0.4, 0.5) is 26.0 Å². The van der Waals surface area contributed by atoms with Crippen LogP contribution < -0.4 is 10.2 Å². The number of piperazine rings is 1. The van der Waals surface area contributed by atoms with Crippen LogP contribution in [0, 0.1) is 5.82 Å². The van der Waals surface area contributed by atoms with Crippen molar-refractivity contribution in [3.05, 3.63) is 77.7 Å². The van der Waals surface area contributed by atoms with E-state index in [0.717, 1.165) is 39.0 Å². The average Bonchev–Trinajstić information content (AvgIpc) is 3.40. The first-order valence-corrected chi connectivity index (χ1v) is 14.6. The Kier molecular flexibility index (Phi) is 8.43. The molecule has 3 fully saturated rings. The number of nitrogens with zero attached hydrogens (tertiary/aromatic N) is 5. The predicted octanol–water partition coefficient (Wildman–Crippen LogP) is 7.09. The summed E-state index contributed by atoms with van der Waals surface area (Å²) in [6.45, 7) is 17.5. The number of allylic oxidation sites excluding steroid dienone is 4. The van der Waals surface area contributed by atoms with Gasteiger partial charge in [0.15, 0.2) is 5.82 Å². The minimum Gasteiger partial charge on any atom is -0.365 e. The van der Waals surface area contributed by atoms with Gasteiger partial charge in [-0.15, -0.1) is 0 Å². The van der Waals surface area contributed by atoms with E-state index in [1.807, 2.05) is 12.3 Å². The molecule has 5 rings (SSSR count). The molecule has 0 saturated carbocycles. The number of hydrogen-bond acceptors (Lipinski definition) is 6. The smallest absolute Gasteiger partial charge is 0.151 e. The molecule has 3 saturated heterocycles. The van der Waals surface area contributed by atoms with Crippen LogP contribution >= 0.6 is 0 Å². The first kappa shape index (κ1) is 29.1. The maximum Gasteiger partial charge on any atom is 0.151 e. The lowest BCUT2D eigenvalue weighted by Gasteiger charge is -2.39. The summed E-state index contributed by atoms with van der Waals surface area (Å²) in [5.41, 5.74) is 2.91. The third kappa shape index (κ3) is 6.14. The van der Waals surface area contributed by atoms with Gasteiger partial charge in [-0.25, -0.2) is 13.8 Å². The number of likely N-dealkylation sites (N-methyl/N-ethyl adjacent to an activating group) is 1. The standard InChI is InChI=1S/C33H42F2N6/c1-7-28(34)27(24-16-29(35)32(36-5)30(17-24)41-14-8-13-33(41,3)4)15-22(2)38-31-12-9-23(18-37-31)19-40-25-10-11-26(40)21-39(6)20-25/h7,9,12,15-18,25-26H,2,5,8,10-11,13-14,19-21H2,1,3-4,6H3,(H,37,38)/b27-15-,28-7+. The molecular weight excluding hydrogens is 518 g/mol. The van der Waals surface area contributed by atoms with E-state index in [-0.39, 0.29) is 16.8 Å². The highest BCUT2D eigenvalue weighted by molar-refractivity contribution is 5.84. The van der Waals surface area contributed by atoms with Crippen LogP contribution in [0.15, 0.2) is 65.7 Å². The zero-order valence-corrected chi connectivity index (χ0v) is 24.8. The summed E-state index contributed by atoms with van der Waals surface area (Å²) < 4.78 is 30.6. The zero-order valence-electron chi connectivity index (χ0n) is 24.8. The molecule has 8 heteroatoms. The Morgan fingerprint density at radius 3 is 2.54 bits per heavy atom. The largest absolute Gasteiger partial charge is 0.365 e. The monoisotopic (exact) mass is 560 g/mol. The molecule has 6 nitrogen and oxygen atoms in total. The molecular formula is C33H42F2N6. The number of nitrogens with one attached hydrogen (secondary N) is 1. The number of fused-ring (bicyclic) bond motifs is 2. The molecule has 1 aromatic heterocycles. The van der Waals surface area contributed by atoms with Crippen LogP contribution in [-0.2, 0) is 6.54 Å². The highest BCUT2D eigenvalue weighted by Gasteiger charge is 2.38. The lowest BCUT2D eigenvalue weighted by molar-refractivity contribution is 0.0759. The molecule has 1 N–H and O–H groups in total. The second-order valence-corrected chi connectivity index (χ2v) is 12.2. The summed E-state index contributed by atoms with van der Waals surface area (Å²) >= 11 is 0. The fourth-order valence-electron chi connectivity index (χ4n) is 6.74. The third-order valence-corrected chi connectivity index (χ3v) is 8.83. The minimum absolute atomic E-state index is 0.166. The number of pyridine rings is 1. The van der Waals surface area contributed by atoms with Crippen molar-refractivity contribution < 1.29 is 8.78 Å². The Morgan fingerprint density at radius 1 is 1.22 bits per heavy atom. The van der Waals surface area contributed by atoms with Crippen molar-refractivity contribution in [1.82, 2.24) is 14.8 Å². The Balaban J connectivity index is 1.35. The van der Waals surface area contributed by atoms with Crippen LogP contribution in [0.3, 0.4) is 0 Å². The van der Waals surface area contributed by atoms with Crippen LogP contribution in [0.25, 0.3) is 5.57 Å². The molecule has 0 aliphatic carbocycles. The average molecular weight is 561 g/mol. The molecule has 1 aromatic carbocycles. The van der Waals surface area contributed by atoms with Crippen molar-refractivity contribution in [2.75, 3.05) is 36.9 Å². The number of halogens is 2. The van der Waals surface area contributed by atoms with Crippen molar-refractivity contribution in [3.63, 3.8) is 0 Å². The van der Waals surface area contributed by atoms with E-state index in [4.69, 9.17) is 0 Å². The van der Waals surface area contributed by atoms with Gasteiger partial charge in [0.25, 0.3) is 0 Å². The van der Waals surface area contributed by atoms with Gasteiger partial charge in [0.1, 0.15) is 17.3 Å². The Bertz CT molecular complexity index is 1350. The topological polar surface area (TPSA) is 47.0 Å². The van der Waals surface area contributed by atoms with Gasteiger partial charge in [-0.1, -0.05) is 18.7 Å². The Morgan fingerprint density at radius 2 is 1.95 bits per heavy atom. The van der Waals surface area contributed by atoms with Crippen molar-refractivity contribution in [2.24, 2.45) is 4.99 Å². The van der Waals surface area contributed by atoms with Crippen LogP contribution in [0.5, 0.6) is 0 Å². The van der Waals surface area contributed by atoms with E-state index < -0.39 is 11.6 Å². The molecule has 2 bridgehead atoms. The minimum atomic E-state index is -0.533. The van der Waals surface area contributed by atoms with Gasteiger partial charge in [0, 0.05) is 61.3 Å². The van der Waals surface area contributed by atoms with E-state index >= 15 is 8.78 Å². The molecule has 4 heterocycles. The number of likely N-dealkylation sites (tertiary alicyclic amines) is 1. The molecule has 2 atom stereocenters. The molecule has 2 unspecified atom stereocenters. The fraction of sp³-hybridized carbons (Fsp3) is 0.455. The molecule has 0 radical (unpaired) electrons. The number of rotatable bonds is 9. The summed E-state index contributed by atoms with van der Waals surface area (Å²) in [6, 6.07) is 8.35. The number of benzene rings is 1. The highest BCUT2D eigenvalue weighted by Crippen LogP contribution is 2.43. The quantitative estimate of drug-likeness (QED) is 0.262. The summed E-state index contributed by atoms with van der Waals surface area (Å²) in [5.74, 6) is -0.383. The van der Waals surface area contributed by atoms with Gasteiger partial charge in [0.05, 0.1) is 5.69 Å². The van der Waals surface area contributed by atoms with Crippen molar-refractivity contribution >= 4 is 29.5 Å². The molecule has 2 aromatic rings. The van der Waals surface area contributed by atoms with E-state index in [0.29, 0.717) is 34.8 Å². The summed E-state index contributed by atoms with van der Waals surface area (Å²) in [4.78, 5) is 15.8. The van der Waals surface area contributed by atoms with Gasteiger partial charge in [-0.05, 0) is 95.6 Å². The maximum absolute atomic E-state index is 15.3. The van der Waals surface area contributed by atoms with Crippen LogP contribution in [-0.4, -0.2) is 65.8 Å². The number of hydrogen-bond donors (Lipinski definition) is 1. The normalized spacial score (nSPS) is 23.2. The van der Waals surface area contributed by atoms with Gasteiger partial charge >= 0.3 is 0 Å². The molecule has 218 valence electrons. The SMILES string of the molecule is C=Nc1c(F)cc(C(=C/C(=C)Nc2ccc(CN3C4CCC3CN(C)C4)cn2)/C(F)=C\C)cc1N1CCCC1(C)C. The maximum atomic E-state index is 15.3. The highest BCUT2D eigenvalue weighted by atomic mass is 19.1. The number of anilines is 2. The summed E-state index contributed by atoms with van der Waals surface area (Å²) in [6.07, 6.45) is 9.34. The summed E-state index contributed by atoms with van der Waals surface area (Å²) in [5, 5.41) is 3.18. The van der Waals surface area contributed by atoms with Crippen molar-refractivity contribution in [3.8, 4) is 0 Å². The van der Waals surface area contributed by atoms with Crippen molar-refractivity contribution in [2.45, 2.75) is 70.6 Å². The Labute approximate surface area is 243 Å². The van der Waals surface area contributed by atoms with E-state index in [2.05, 4.69) is 70.3 Å². The lowest BCUT2D eigenvalue weighted by Crippen LogP contribution is -2.51. The van der Waals surface area contributed by atoms with Gasteiger partial charge in [-0.3, -0.25) is 9.89 Å². The molecule has 0 spiro atoms. The van der Waals surface area contributed by atoms with Gasteiger partial charge in [-0.2, -0.15) is 0 Å². The lowest BCUT2D eigenvalue weighted by atomic mass is 9.98. The number of aromatic nitrogens is 1. The third-order valence-electron chi connectivity index (χ3n) is 8.83. The fourth-order valence-corrected chi connectivity index (χ4v) is 6.74. The molecule has 3 aliphatic heterocycles. The number of aliphatic imine (C=N–C) groups is 1. The van der Waals surface area contributed by atoms with E-state index in [1.54, 1.807) is 19.1 Å². The second-order valence-electron chi connectivity index (χ2n) is 12.2. The van der Waals surface area contributed by atoms with Crippen LogP contribution in [0.1, 0.15) is 57.6 Å². The summed E-state index contributed by atoms with van der Waals surface area (Å²) in [7, 11) is 2.21. The predicted molar refractivity (Wildman–Crippen MR) is 166 cm³/mol. The zero-order chi connectivity index (χ0) is 29.3. The molecule has 41 heavy (non-hydrogen) atoms. The van der Waals surface area contributed by atoms with E-state index in [1.165, 1.54) is 30.5 Å². The first-order chi connectivity index (χ1) is 19.6. The second kappa shape index (κ2) is 11.9. The van der Waals surface area contributed by atoms with E-state index in [9.17, 15) is 0 Å². The molecule has 3 aliphatic rings. The van der Waals surface area contributed by atoms with Crippen LogP contribution in [0.2, 0.25) is 0 Å². The molecule has 0 amide bonds. The first-order valence-electron chi connectivity index (χ1n) is 14.6. The van der Waals surface area contributed by atoms with Crippen molar-refractivity contribution in [1.29, 1.82) is 0 Å². The van der Waals surface area contributed by atoms with Gasteiger partial charge in [0.2, 0.25) is 0 Å². The Hall–Kier alpha value is -3.36.